The van der Waals surface area contributed by atoms with E-state index in [1.165, 1.54) is 5.56 Å². The molecule has 1 aliphatic rings. The second-order valence-electron chi connectivity index (χ2n) is 7.34. The summed E-state index contributed by atoms with van der Waals surface area (Å²) in [6.07, 6.45) is 9.19. The number of rotatable bonds is 5. The molecule has 0 heterocycles. The summed E-state index contributed by atoms with van der Waals surface area (Å²) in [5.74, 6) is 2.01. The fourth-order valence-electron chi connectivity index (χ4n) is 3.19. The highest BCUT2D eigenvalue weighted by atomic mass is 32.2. The molecule has 0 amide bonds. The van der Waals surface area contributed by atoms with Crippen molar-refractivity contribution in [3.8, 4) is 18.1 Å². The minimum absolute atomic E-state index is 0.0517. The zero-order chi connectivity index (χ0) is 17.8. The van der Waals surface area contributed by atoms with E-state index >= 15 is 0 Å². The van der Waals surface area contributed by atoms with E-state index in [2.05, 4.69) is 26.7 Å². The molecule has 0 radical (unpaired) electrons. The largest absolute Gasteiger partial charge is 0.461 e. The van der Waals surface area contributed by atoms with Crippen molar-refractivity contribution < 1.29 is 17.7 Å². The lowest BCUT2D eigenvalue weighted by atomic mass is 9.81. The third-order valence-electron chi connectivity index (χ3n) is 4.54. The maximum absolute atomic E-state index is 11.4. The SMILES string of the molecule is C#CCC1CCCCC1(Oc1ccc(C(C)(C)C)cc1)OS(=O)O. The highest BCUT2D eigenvalue weighted by Gasteiger charge is 2.46. The Bertz CT molecular complexity index is 612. The summed E-state index contributed by atoms with van der Waals surface area (Å²) in [5, 5.41) is 0. The monoisotopic (exact) mass is 350 g/mol. The lowest BCUT2D eigenvalue weighted by molar-refractivity contribution is -0.171. The van der Waals surface area contributed by atoms with Crippen LogP contribution in [0.1, 0.15) is 58.4 Å². The van der Waals surface area contributed by atoms with Gasteiger partial charge in [-0.3, -0.25) is 4.55 Å². The van der Waals surface area contributed by atoms with E-state index < -0.39 is 17.1 Å². The topological polar surface area (TPSA) is 55.8 Å². The summed E-state index contributed by atoms with van der Waals surface area (Å²) >= 11 is -2.41. The van der Waals surface area contributed by atoms with Gasteiger partial charge in [-0.1, -0.05) is 39.3 Å². The molecule has 24 heavy (non-hydrogen) atoms. The number of hydrogen-bond acceptors (Lipinski definition) is 3. The molecule has 132 valence electrons. The Balaban J connectivity index is 2.28. The molecular formula is C19H26O4S. The fraction of sp³-hybridized carbons (Fsp3) is 0.579. The molecular weight excluding hydrogens is 324 g/mol. The van der Waals surface area contributed by atoms with Crippen molar-refractivity contribution in [2.75, 3.05) is 0 Å². The van der Waals surface area contributed by atoms with Crippen molar-refractivity contribution in [3.05, 3.63) is 29.8 Å². The molecule has 0 aromatic heterocycles. The highest BCUT2D eigenvalue weighted by molar-refractivity contribution is 7.74. The van der Waals surface area contributed by atoms with E-state index in [1.807, 2.05) is 24.3 Å². The van der Waals surface area contributed by atoms with Gasteiger partial charge in [-0.05, 0) is 36.0 Å². The Labute approximate surface area is 147 Å². The van der Waals surface area contributed by atoms with Gasteiger partial charge >= 0.3 is 11.4 Å². The van der Waals surface area contributed by atoms with Crippen LogP contribution >= 0.6 is 0 Å². The Morgan fingerprint density at radius 1 is 1.33 bits per heavy atom. The average molecular weight is 350 g/mol. The quantitative estimate of drug-likeness (QED) is 0.485. The number of terminal acetylenes is 1. The molecule has 1 fully saturated rings. The molecule has 3 unspecified atom stereocenters. The molecule has 1 N–H and O–H groups in total. The molecule has 0 spiro atoms. The normalized spacial score (nSPS) is 25.7. The van der Waals surface area contributed by atoms with Crippen LogP contribution in [0.4, 0.5) is 0 Å². The zero-order valence-corrected chi connectivity index (χ0v) is 15.4. The van der Waals surface area contributed by atoms with E-state index in [1.54, 1.807) is 0 Å². The lowest BCUT2D eigenvalue weighted by Crippen LogP contribution is -2.49. The predicted octanol–water partition coefficient (Wildman–Crippen LogP) is 4.43. The third-order valence-corrected chi connectivity index (χ3v) is 4.96. The second kappa shape index (κ2) is 7.69. The van der Waals surface area contributed by atoms with Gasteiger partial charge in [0.05, 0.1) is 0 Å². The zero-order valence-electron chi connectivity index (χ0n) is 14.6. The number of ether oxygens (including phenoxy) is 1. The van der Waals surface area contributed by atoms with Crippen LogP contribution in [-0.4, -0.2) is 14.5 Å². The van der Waals surface area contributed by atoms with E-state index in [9.17, 15) is 8.76 Å². The molecule has 1 aromatic rings. The van der Waals surface area contributed by atoms with Crippen LogP contribution in [0.5, 0.6) is 5.75 Å². The van der Waals surface area contributed by atoms with Crippen LogP contribution in [0, 0.1) is 18.3 Å². The van der Waals surface area contributed by atoms with Gasteiger partial charge in [-0.2, -0.15) is 4.21 Å². The second-order valence-corrected chi connectivity index (χ2v) is 7.94. The Morgan fingerprint density at radius 3 is 2.54 bits per heavy atom. The maximum atomic E-state index is 11.4. The molecule has 4 nitrogen and oxygen atoms in total. The van der Waals surface area contributed by atoms with Crippen molar-refractivity contribution in [2.45, 2.75) is 64.1 Å². The third kappa shape index (κ3) is 4.60. The van der Waals surface area contributed by atoms with Crippen LogP contribution in [0.3, 0.4) is 0 Å². The van der Waals surface area contributed by atoms with Crippen LogP contribution in [0.15, 0.2) is 24.3 Å². The van der Waals surface area contributed by atoms with Gasteiger partial charge < -0.3 is 4.74 Å². The van der Waals surface area contributed by atoms with Gasteiger partial charge in [0.2, 0.25) is 5.79 Å². The van der Waals surface area contributed by atoms with Gasteiger partial charge in [-0.25, -0.2) is 4.18 Å². The molecule has 3 atom stereocenters. The summed E-state index contributed by atoms with van der Waals surface area (Å²) in [6, 6.07) is 7.79. The molecule has 1 aliphatic carbocycles. The van der Waals surface area contributed by atoms with Crippen LogP contribution in [0.2, 0.25) is 0 Å². The van der Waals surface area contributed by atoms with Crippen molar-refractivity contribution >= 4 is 11.4 Å². The first-order chi connectivity index (χ1) is 11.3. The van der Waals surface area contributed by atoms with Gasteiger partial charge in [0.15, 0.2) is 0 Å². The summed E-state index contributed by atoms with van der Waals surface area (Å²) in [4.78, 5) is 0. The van der Waals surface area contributed by atoms with Crippen molar-refractivity contribution in [3.63, 3.8) is 0 Å². The summed E-state index contributed by atoms with van der Waals surface area (Å²) < 4.78 is 32.1. The molecule has 2 rings (SSSR count). The van der Waals surface area contributed by atoms with E-state index in [-0.39, 0.29) is 11.3 Å². The summed E-state index contributed by atoms with van der Waals surface area (Å²) in [5.41, 5.74) is 1.25. The minimum atomic E-state index is -2.41. The molecule has 0 saturated heterocycles. The van der Waals surface area contributed by atoms with Crippen LogP contribution < -0.4 is 4.74 Å². The smallest absolute Gasteiger partial charge is 0.305 e. The molecule has 5 heteroatoms. The van der Waals surface area contributed by atoms with Crippen molar-refractivity contribution in [2.24, 2.45) is 5.92 Å². The Kier molecular flexibility index (Phi) is 6.08. The van der Waals surface area contributed by atoms with Gasteiger partial charge in [0.1, 0.15) is 5.75 Å². The van der Waals surface area contributed by atoms with Crippen LogP contribution in [-0.2, 0) is 21.0 Å². The minimum Gasteiger partial charge on any atom is -0.461 e. The maximum Gasteiger partial charge on any atom is 0.305 e. The molecule has 1 aromatic carbocycles. The Morgan fingerprint density at radius 2 is 2.00 bits per heavy atom. The van der Waals surface area contributed by atoms with Crippen molar-refractivity contribution in [1.29, 1.82) is 0 Å². The summed E-state index contributed by atoms with van der Waals surface area (Å²) in [7, 11) is 0. The first kappa shape index (κ1) is 19.0. The number of hydrogen-bond donors (Lipinski definition) is 1. The standard InChI is InChI=1S/C19H26O4S/c1-5-8-16-9-6-7-14-19(16,23-24(20)21)22-17-12-10-15(11-13-17)18(2,3)4/h1,10-13,16H,6-9,14H2,2-4H3,(H,20,21). The molecule has 1 saturated carbocycles. The summed E-state index contributed by atoms with van der Waals surface area (Å²) in [6.45, 7) is 6.44. The van der Waals surface area contributed by atoms with Gasteiger partial charge in [0, 0.05) is 18.8 Å². The van der Waals surface area contributed by atoms with E-state index in [0.29, 0.717) is 18.6 Å². The first-order valence-corrected chi connectivity index (χ1v) is 9.33. The van der Waals surface area contributed by atoms with Gasteiger partial charge in [-0.15, -0.1) is 12.3 Å². The van der Waals surface area contributed by atoms with E-state index in [0.717, 1.165) is 19.3 Å². The molecule has 0 aliphatic heterocycles. The fourth-order valence-corrected chi connectivity index (χ4v) is 3.68. The average Bonchev–Trinajstić information content (AvgIpc) is 2.49. The van der Waals surface area contributed by atoms with E-state index in [4.69, 9.17) is 15.3 Å². The van der Waals surface area contributed by atoms with Crippen LogP contribution in [0.25, 0.3) is 0 Å². The predicted molar refractivity (Wildman–Crippen MR) is 95.8 cm³/mol. The number of benzene rings is 1. The molecule has 0 bridgehead atoms. The highest BCUT2D eigenvalue weighted by Crippen LogP contribution is 2.41. The lowest BCUT2D eigenvalue weighted by Gasteiger charge is -2.41. The van der Waals surface area contributed by atoms with Crippen molar-refractivity contribution in [1.82, 2.24) is 0 Å². The van der Waals surface area contributed by atoms with Gasteiger partial charge in [0.25, 0.3) is 0 Å². The Hall–Kier alpha value is -1.35. The first-order valence-electron chi connectivity index (χ1n) is 8.30.